The molecule has 0 aliphatic carbocycles. The van der Waals surface area contributed by atoms with Crippen LogP contribution >= 0.6 is 0 Å². The first-order chi connectivity index (χ1) is 11.6. The fraction of sp³-hybridized carbons (Fsp3) is 0.368. The Balaban J connectivity index is 1.52. The average Bonchev–Trinajstić information content (AvgIpc) is 2.98. The number of fused-ring (bicyclic) bond motifs is 1. The largest absolute Gasteiger partial charge is 0.342 e. The third kappa shape index (κ3) is 3.85. The van der Waals surface area contributed by atoms with Crippen LogP contribution in [0.15, 0.2) is 42.5 Å². The van der Waals surface area contributed by atoms with Gasteiger partial charge in [-0.25, -0.2) is 4.79 Å². The van der Waals surface area contributed by atoms with Crippen molar-refractivity contribution in [3.63, 3.8) is 0 Å². The zero-order chi connectivity index (χ0) is 16.9. The molecule has 2 aromatic carbocycles. The standard InChI is InChI=1S/C19H23N3O2/c1-14(13-22-11-5-10-18(22)23)12-20-19(24)21-17-9-4-7-15-6-2-3-8-16(15)17/h2-4,6-9,14H,5,10-13H2,1H3,(H2,20,21,24)/t14-/m1/s1. The molecule has 1 aliphatic heterocycles. The minimum Gasteiger partial charge on any atom is -0.342 e. The molecule has 5 heteroatoms. The Morgan fingerprint density at radius 1 is 1.21 bits per heavy atom. The van der Waals surface area contributed by atoms with E-state index in [0.717, 1.165) is 29.4 Å². The van der Waals surface area contributed by atoms with Crippen molar-refractivity contribution in [3.8, 4) is 0 Å². The fourth-order valence-corrected chi connectivity index (χ4v) is 3.11. The Kier molecular flexibility index (Phi) is 4.99. The highest BCUT2D eigenvalue weighted by Gasteiger charge is 2.21. The normalized spacial score (nSPS) is 15.5. The van der Waals surface area contributed by atoms with E-state index in [1.807, 2.05) is 54.3 Å². The van der Waals surface area contributed by atoms with Crippen molar-refractivity contribution < 1.29 is 9.59 Å². The molecule has 1 heterocycles. The van der Waals surface area contributed by atoms with E-state index in [0.29, 0.717) is 19.5 Å². The van der Waals surface area contributed by atoms with Gasteiger partial charge in [-0.15, -0.1) is 0 Å². The molecule has 3 rings (SSSR count). The SMILES string of the molecule is C[C@H](CNC(=O)Nc1cccc2ccccc12)CN1CCCC1=O. The summed E-state index contributed by atoms with van der Waals surface area (Å²) in [5.41, 5.74) is 0.799. The summed E-state index contributed by atoms with van der Waals surface area (Å²) in [5.74, 6) is 0.451. The summed E-state index contributed by atoms with van der Waals surface area (Å²) in [6, 6.07) is 13.6. The maximum atomic E-state index is 12.2. The number of amides is 3. The first-order valence-corrected chi connectivity index (χ1v) is 8.44. The maximum Gasteiger partial charge on any atom is 0.319 e. The molecule has 1 fully saturated rings. The highest BCUT2D eigenvalue weighted by atomic mass is 16.2. The molecule has 5 nitrogen and oxygen atoms in total. The van der Waals surface area contributed by atoms with E-state index < -0.39 is 0 Å². The number of anilines is 1. The molecule has 0 radical (unpaired) electrons. The van der Waals surface area contributed by atoms with Crippen molar-refractivity contribution in [2.75, 3.05) is 25.0 Å². The predicted octanol–water partition coefficient (Wildman–Crippen LogP) is 3.22. The van der Waals surface area contributed by atoms with Crippen LogP contribution in [-0.2, 0) is 4.79 Å². The number of benzene rings is 2. The van der Waals surface area contributed by atoms with Crippen molar-refractivity contribution in [1.29, 1.82) is 0 Å². The quantitative estimate of drug-likeness (QED) is 0.886. The molecule has 0 unspecified atom stereocenters. The molecule has 3 amide bonds. The van der Waals surface area contributed by atoms with Crippen molar-refractivity contribution >= 4 is 28.4 Å². The third-order valence-corrected chi connectivity index (χ3v) is 4.35. The summed E-state index contributed by atoms with van der Waals surface area (Å²) in [7, 11) is 0. The van der Waals surface area contributed by atoms with Crippen molar-refractivity contribution in [1.82, 2.24) is 10.2 Å². The van der Waals surface area contributed by atoms with Crippen LogP contribution in [0.1, 0.15) is 19.8 Å². The number of hydrogen-bond acceptors (Lipinski definition) is 2. The lowest BCUT2D eigenvalue weighted by atomic mass is 10.1. The van der Waals surface area contributed by atoms with E-state index in [9.17, 15) is 9.59 Å². The summed E-state index contributed by atoms with van der Waals surface area (Å²) >= 11 is 0. The molecular formula is C19H23N3O2. The maximum absolute atomic E-state index is 12.2. The Morgan fingerprint density at radius 3 is 2.79 bits per heavy atom. The summed E-state index contributed by atoms with van der Waals surface area (Å²) in [4.78, 5) is 25.7. The molecule has 1 atom stereocenters. The van der Waals surface area contributed by atoms with Gasteiger partial charge < -0.3 is 15.5 Å². The smallest absolute Gasteiger partial charge is 0.319 e. The Hall–Kier alpha value is -2.56. The second-order valence-electron chi connectivity index (χ2n) is 6.41. The van der Waals surface area contributed by atoms with Gasteiger partial charge in [0.15, 0.2) is 0 Å². The number of rotatable bonds is 5. The molecule has 2 N–H and O–H groups in total. The number of hydrogen-bond donors (Lipinski definition) is 2. The number of urea groups is 1. The highest BCUT2D eigenvalue weighted by Crippen LogP contribution is 2.22. The molecule has 0 saturated carbocycles. The van der Waals surface area contributed by atoms with Gasteiger partial charge in [-0.1, -0.05) is 43.3 Å². The molecule has 126 valence electrons. The van der Waals surface area contributed by atoms with E-state index in [-0.39, 0.29) is 17.9 Å². The lowest BCUT2D eigenvalue weighted by Crippen LogP contribution is -2.37. The van der Waals surface area contributed by atoms with E-state index in [1.165, 1.54) is 0 Å². The van der Waals surface area contributed by atoms with E-state index in [4.69, 9.17) is 0 Å². The summed E-state index contributed by atoms with van der Waals surface area (Å²) in [6.45, 7) is 4.13. The molecule has 1 saturated heterocycles. The van der Waals surface area contributed by atoms with Crippen molar-refractivity contribution in [3.05, 3.63) is 42.5 Å². The van der Waals surface area contributed by atoms with Crippen LogP contribution in [0.25, 0.3) is 10.8 Å². The first kappa shape index (κ1) is 16.3. The molecule has 2 aromatic rings. The van der Waals surface area contributed by atoms with E-state index >= 15 is 0 Å². The van der Waals surface area contributed by atoms with Crippen LogP contribution < -0.4 is 10.6 Å². The van der Waals surface area contributed by atoms with Crippen molar-refractivity contribution in [2.45, 2.75) is 19.8 Å². The zero-order valence-electron chi connectivity index (χ0n) is 13.9. The number of nitrogens with zero attached hydrogens (tertiary/aromatic N) is 1. The van der Waals surface area contributed by atoms with E-state index in [1.54, 1.807) is 0 Å². The first-order valence-electron chi connectivity index (χ1n) is 8.44. The Morgan fingerprint density at radius 2 is 2.00 bits per heavy atom. The van der Waals surface area contributed by atoms with Gasteiger partial charge in [0.2, 0.25) is 5.91 Å². The average molecular weight is 325 g/mol. The number of nitrogens with one attached hydrogen (secondary N) is 2. The zero-order valence-corrected chi connectivity index (χ0v) is 13.9. The summed E-state index contributed by atoms with van der Waals surface area (Å²) in [5, 5.41) is 7.92. The van der Waals surface area contributed by atoms with Gasteiger partial charge >= 0.3 is 6.03 Å². The van der Waals surface area contributed by atoms with Gasteiger partial charge in [-0.2, -0.15) is 0 Å². The van der Waals surface area contributed by atoms with Crippen LogP contribution in [-0.4, -0.2) is 36.5 Å². The minimum absolute atomic E-state index is 0.217. The molecule has 0 spiro atoms. The van der Waals surface area contributed by atoms with Crippen LogP contribution in [0.4, 0.5) is 10.5 Å². The van der Waals surface area contributed by atoms with Gasteiger partial charge in [-0.05, 0) is 23.8 Å². The topological polar surface area (TPSA) is 61.4 Å². The van der Waals surface area contributed by atoms with Gasteiger partial charge in [0.1, 0.15) is 0 Å². The Labute approximate surface area is 142 Å². The monoisotopic (exact) mass is 325 g/mol. The fourth-order valence-electron chi connectivity index (χ4n) is 3.11. The molecule has 1 aliphatic rings. The predicted molar refractivity (Wildman–Crippen MR) is 95.9 cm³/mol. The summed E-state index contributed by atoms with van der Waals surface area (Å²) < 4.78 is 0. The molecule has 24 heavy (non-hydrogen) atoms. The van der Waals surface area contributed by atoms with Gasteiger partial charge in [0.25, 0.3) is 0 Å². The molecule has 0 bridgehead atoms. The highest BCUT2D eigenvalue weighted by molar-refractivity contribution is 6.01. The van der Waals surface area contributed by atoms with Crippen LogP contribution in [0, 0.1) is 5.92 Å². The van der Waals surface area contributed by atoms with Crippen LogP contribution in [0.3, 0.4) is 0 Å². The number of likely N-dealkylation sites (tertiary alicyclic amines) is 1. The number of carbonyl (C=O) groups is 2. The summed E-state index contributed by atoms with van der Waals surface area (Å²) in [6.07, 6.45) is 1.60. The minimum atomic E-state index is -0.217. The Bertz CT molecular complexity index is 739. The third-order valence-electron chi connectivity index (χ3n) is 4.35. The van der Waals surface area contributed by atoms with Gasteiger partial charge in [0.05, 0.1) is 5.69 Å². The van der Waals surface area contributed by atoms with Crippen LogP contribution in [0.2, 0.25) is 0 Å². The van der Waals surface area contributed by atoms with E-state index in [2.05, 4.69) is 10.6 Å². The second-order valence-corrected chi connectivity index (χ2v) is 6.41. The van der Waals surface area contributed by atoms with Crippen molar-refractivity contribution in [2.24, 2.45) is 5.92 Å². The second kappa shape index (κ2) is 7.34. The molecular weight excluding hydrogens is 302 g/mol. The van der Waals surface area contributed by atoms with Crippen LogP contribution in [0.5, 0.6) is 0 Å². The van der Waals surface area contributed by atoms with Gasteiger partial charge in [0, 0.05) is 31.4 Å². The van der Waals surface area contributed by atoms with Gasteiger partial charge in [-0.3, -0.25) is 4.79 Å². The number of carbonyl (C=O) groups excluding carboxylic acids is 2. The lowest BCUT2D eigenvalue weighted by molar-refractivity contribution is -0.128. The lowest BCUT2D eigenvalue weighted by Gasteiger charge is -2.21. The molecule has 0 aromatic heterocycles.